The Balaban J connectivity index is 1.73. The van der Waals surface area contributed by atoms with Crippen LogP contribution in [0.25, 0.3) is 0 Å². The van der Waals surface area contributed by atoms with Crippen LogP contribution in [0.5, 0.6) is 5.75 Å². The van der Waals surface area contributed by atoms with Gasteiger partial charge in [0.25, 0.3) is 0 Å². The lowest BCUT2D eigenvalue weighted by Crippen LogP contribution is -2.04. The van der Waals surface area contributed by atoms with E-state index < -0.39 is 5.97 Å². The molecule has 0 fully saturated rings. The molecular formula is C19H25NO3S. The van der Waals surface area contributed by atoms with E-state index in [-0.39, 0.29) is 6.42 Å². The molecule has 0 amide bonds. The lowest BCUT2D eigenvalue weighted by atomic mass is 10.0. The number of carboxylic acids is 1. The van der Waals surface area contributed by atoms with Crippen LogP contribution in [-0.4, -0.2) is 22.7 Å². The summed E-state index contributed by atoms with van der Waals surface area (Å²) in [5, 5.41) is 8.63. The van der Waals surface area contributed by atoms with Gasteiger partial charge in [-0.1, -0.05) is 31.0 Å². The molecule has 2 aromatic rings. The summed E-state index contributed by atoms with van der Waals surface area (Å²) >= 11 is 1.67. The molecular weight excluding hydrogens is 322 g/mol. The number of benzene rings is 1. The second-order valence-electron chi connectivity index (χ2n) is 5.87. The fourth-order valence-corrected chi connectivity index (χ4v) is 3.25. The van der Waals surface area contributed by atoms with Gasteiger partial charge < -0.3 is 9.84 Å². The smallest absolute Gasteiger partial charge is 0.303 e. The number of hydrogen-bond donors (Lipinski definition) is 1. The third-order valence-electron chi connectivity index (χ3n) is 4.00. The van der Waals surface area contributed by atoms with Crippen LogP contribution in [0, 0.1) is 6.92 Å². The largest absolute Gasteiger partial charge is 0.493 e. The number of carboxylic acid groups (broad SMARTS) is 1. The minimum atomic E-state index is -0.705. The lowest BCUT2D eigenvalue weighted by molar-refractivity contribution is -0.137. The van der Waals surface area contributed by atoms with Crippen molar-refractivity contribution in [1.82, 2.24) is 4.98 Å². The Bertz CT molecular complexity index is 639. The van der Waals surface area contributed by atoms with E-state index in [1.807, 2.05) is 23.7 Å². The first-order chi connectivity index (χ1) is 11.7. The van der Waals surface area contributed by atoms with Crippen LogP contribution >= 0.6 is 11.3 Å². The van der Waals surface area contributed by atoms with E-state index in [1.165, 1.54) is 10.4 Å². The Morgan fingerprint density at radius 2 is 1.96 bits per heavy atom. The number of aliphatic carboxylic acids is 1. The maximum Gasteiger partial charge on any atom is 0.303 e. The zero-order valence-corrected chi connectivity index (χ0v) is 15.0. The molecule has 1 N–H and O–H groups in total. The molecule has 0 spiro atoms. The van der Waals surface area contributed by atoms with Crippen molar-refractivity contribution in [2.75, 3.05) is 6.61 Å². The number of thiazole rings is 1. The predicted octanol–water partition coefficient (Wildman–Crippen LogP) is 4.65. The molecule has 1 heterocycles. The third-order valence-corrected chi connectivity index (χ3v) is 4.80. The summed E-state index contributed by atoms with van der Waals surface area (Å²) in [6.07, 6.45) is 5.93. The Kier molecular flexibility index (Phi) is 7.75. The Labute approximate surface area is 147 Å². The number of aryl methyl sites for hydroxylation is 2. The van der Waals surface area contributed by atoms with Gasteiger partial charge in [0.2, 0.25) is 0 Å². The third kappa shape index (κ3) is 6.32. The normalized spacial score (nSPS) is 10.7. The highest BCUT2D eigenvalue weighted by Crippen LogP contribution is 2.21. The van der Waals surface area contributed by atoms with Gasteiger partial charge in [0.05, 0.1) is 17.8 Å². The molecule has 5 heteroatoms. The van der Waals surface area contributed by atoms with Crippen LogP contribution < -0.4 is 4.74 Å². The van der Waals surface area contributed by atoms with E-state index in [0.717, 1.165) is 50.0 Å². The minimum Gasteiger partial charge on any atom is -0.493 e. The van der Waals surface area contributed by atoms with Crippen LogP contribution in [-0.2, 0) is 17.6 Å². The monoisotopic (exact) mass is 347 g/mol. The van der Waals surface area contributed by atoms with E-state index in [1.54, 1.807) is 11.3 Å². The quantitative estimate of drug-likeness (QED) is 0.601. The van der Waals surface area contributed by atoms with Crippen molar-refractivity contribution in [2.24, 2.45) is 0 Å². The second kappa shape index (κ2) is 10.1. The summed E-state index contributed by atoms with van der Waals surface area (Å²) < 4.78 is 5.96. The van der Waals surface area contributed by atoms with E-state index in [9.17, 15) is 4.79 Å². The average molecular weight is 347 g/mol. The number of carbonyl (C=O) groups is 1. The van der Waals surface area contributed by atoms with Gasteiger partial charge in [-0.05, 0) is 37.8 Å². The van der Waals surface area contributed by atoms with Gasteiger partial charge in [-0.2, -0.15) is 0 Å². The topological polar surface area (TPSA) is 59.4 Å². The first kappa shape index (κ1) is 18.5. The SMILES string of the molecule is Cc1scnc1CCOc1ccccc1CCCCCCC(=O)O. The van der Waals surface area contributed by atoms with Crippen molar-refractivity contribution in [1.29, 1.82) is 0 Å². The van der Waals surface area contributed by atoms with Gasteiger partial charge in [-0.15, -0.1) is 11.3 Å². The zero-order chi connectivity index (χ0) is 17.2. The van der Waals surface area contributed by atoms with E-state index in [0.29, 0.717) is 6.61 Å². The number of nitrogens with zero attached hydrogens (tertiary/aromatic N) is 1. The van der Waals surface area contributed by atoms with Crippen molar-refractivity contribution in [3.63, 3.8) is 0 Å². The maximum atomic E-state index is 10.5. The Morgan fingerprint density at radius 1 is 1.17 bits per heavy atom. The second-order valence-corrected chi connectivity index (χ2v) is 6.93. The molecule has 2 rings (SSSR count). The van der Waals surface area contributed by atoms with E-state index >= 15 is 0 Å². The molecule has 0 radical (unpaired) electrons. The molecule has 1 aromatic heterocycles. The van der Waals surface area contributed by atoms with Crippen molar-refractivity contribution in [3.05, 3.63) is 45.9 Å². The molecule has 0 unspecified atom stereocenters. The number of ether oxygens (including phenoxy) is 1. The van der Waals surface area contributed by atoms with Gasteiger partial charge in [0.15, 0.2) is 0 Å². The highest BCUT2D eigenvalue weighted by Gasteiger charge is 2.05. The molecule has 0 bridgehead atoms. The van der Waals surface area contributed by atoms with Crippen LogP contribution in [0.1, 0.15) is 48.2 Å². The molecule has 0 aliphatic carbocycles. The molecule has 0 aliphatic heterocycles. The van der Waals surface area contributed by atoms with Crippen LogP contribution in [0.2, 0.25) is 0 Å². The Morgan fingerprint density at radius 3 is 2.71 bits per heavy atom. The molecule has 0 aliphatic rings. The first-order valence-electron chi connectivity index (χ1n) is 8.48. The van der Waals surface area contributed by atoms with Gasteiger partial charge in [0.1, 0.15) is 5.75 Å². The van der Waals surface area contributed by atoms with Crippen molar-refractivity contribution in [2.45, 2.75) is 51.9 Å². The summed E-state index contributed by atoms with van der Waals surface area (Å²) in [5.74, 6) is 0.250. The van der Waals surface area contributed by atoms with Crippen LogP contribution in [0.4, 0.5) is 0 Å². The highest BCUT2D eigenvalue weighted by atomic mass is 32.1. The molecule has 0 atom stereocenters. The standard InChI is InChI=1S/C19H25NO3S/c1-15-17(20-14-24-15)12-13-23-18-10-7-6-9-16(18)8-4-2-3-5-11-19(21)22/h6-7,9-10,14H,2-5,8,11-13H2,1H3,(H,21,22). The van der Waals surface area contributed by atoms with Crippen LogP contribution in [0.15, 0.2) is 29.8 Å². The fourth-order valence-electron chi connectivity index (χ4n) is 2.62. The van der Waals surface area contributed by atoms with Crippen molar-refractivity contribution >= 4 is 17.3 Å². The molecule has 1 aromatic carbocycles. The van der Waals surface area contributed by atoms with E-state index in [2.05, 4.69) is 18.0 Å². The highest BCUT2D eigenvalue weighted by molar-refractivity contribution is 7.09. The number of rotatable bonds is 11. The van der Waals surface area contributed by atoms with Gasteiger partial charge >= 0.3 is 5.97 Å². The van der Waals surface area contributed by atoms with Crippen molar-refractivity contribution < 1.29 is 14.6 Å². The summed E-state index contributed by atoms with van der Waals surface area (Å²) in [5.41, 5.74) is 4.23. The number of aromatic nitrogens is 1. The van der Waals surface area contributed by atoms with Gasteiger partial charge in [-0.3, -0.25) is 4.79 Å². The summed E-state index contributed by atoms with van der Waals surface area (Å²) in [6, 6.07) is 8.17. The number of para-hydroxylation sites is 1. The average Bonchev–Trinajstić information content (AvgIpc) is 2.97. The molecule has 0 saturated carbocycles. The lowest BCUT2D eigenvalue weighted by Gasteiger charge is -2.11. The first-order valence-corrected chi connectivity index (χ1v) is 9.36. The Hall–Kier alpha value is -1.88. The number of unbranched alkanes of at least 4 members (excludes halogenated alkanes) is 3. The number of hydrogen-bond acceptors (Lipinski definition) is 4. The van der Waals surface area contributed by atoms with Crippen molar-refractivity contribution in [3.8, 4) is 5.75 Å². The predicted molar refractivity (Wildman–Crippen MR) is 96.9 cm³/mol. The van der Waals surface area contributed by atoms with Gasteiger partial charge in [0, 0.05) is 17.7 Å². The van der Waals surface area contributed by atoms with Gasteiger partial charge in [-0.25, -0.2) is 4.98 Å². The molecule has 24 heavy (non-hydrogen) atoms. The van der Waals surface area contributed by atoms with Crippen LogP contribution in [0.3, 0.4) is 0 Å². The minimum absolute atomic E-state index is 0.274. The molecule has 4 nitrogen and oxygen atoms in total. The maximum absolute atomic E-state index is 10.5. The molecule has 0 saturated heterocycles. The fraction of sp³-hybridized carbons (Fsp3) is 0.474. The zero-order valence-electron chi connectivity index (χ0n) is 14.2. The van der Waals surface area contributed by atoms with E-state index in [4.69, 9.17) is 9.84 Å². The summed E-state index contributed by atoms with van der Waals surface area (Å²) in [6.45, 7) is 2.73. The summed E-state index contributed by atoms with van der Waals surface area (Å²) in [7, 11) is 0. The summed E-state index contributed by atoms with van der Waals surface area (Å²) in [4.78, 5) is 16.1. The molecule has 130 valence electrons.